The highest BCUT2D eigenvalue weighted by atomic mass is 19.3. The molecule has 2 N–H and O–H groups in total. The molecule has 34 heavy (non-hydrogen) atoms. The summed E-state index contributed by atoms with van der Waals surface area (Å²) < 4.78 is 58.3. The molecule has 8 nitrogen and oxygen atoms in total. The van der Waals surface area contributed by atoms with E-state index in [1.54, 1.807) is 6.92 Å². The molecule has 0 atom stereocenters. The number of halogens is 4. The number of amides is 1. The number of aromatic nitrogens is 4. The lowest BCUT2D eigenvalue weighted by molar-refractivity contribution is -0.124. The topological polar surface area (TPSA) is 102 Å². The van der Waals surface area contributed by atoms with E-state index < -0.39 is 60.2 Å². The van der Waals surface area contributed by atoms with Crippen LogP contribution in [-0.2, 0) is 23.2 Å². The Morgan fingerprint density at radius 1 is 0.941 bits per heavy atom. The Labute approximate surface area is 192 Å². The normalized spacial score (nSPS) is 11.8. The first kappa shape index (κ1) is 24.8. The number of nitrogens with zero attached hydrogens (tertiary/aromatic N) is 4. The Bertz CT molecular complexity index is 1200. The van der Waals surface area contributed by atoms with Crippen molar-refractivity contribution in [2.45, 2.75) is 32.2 Å². The van der Waals surface area contributed by atoms with Gasteiger partial charge in [0.05, 0.1) is 13.1 Å². The van der Waals surface area contributed by atoms with Gasteiger partial charge in [-0.1, -0.05) is 12.1 Å². The molecular weight excluding hydrogens is 456 g/mol. The van der Waals surface area contributed by atoms with E-state index in [0.29, 0.717) is 5.56 Å². The van der Waals surface area contributed by atoms with E-state index in [2.05, 4.69) is 25.6 Å². The van der Waals surface area contributed by atoms with E-state index in [-0.39, 0.29) is 5.69 Å². The largest absolute Gasteiger partial charge is 0.359 e. The number of anilines is 1. The van der Waals surface area contributed by atoms with Gasteiger partial charge in [0, 0.05) is 24.3 Å². The molecule has 3 rings (SSSR count). The van der Waals surface area contributed by atoms with Gasteiger partial charge in [0.1, 0.15) is 17.9 Å². The Kier molecular flexibility index (Phi) is 7.28. The van der Waals surface area contributed by atoms with Crippen molar-refractivity contribution in [2.75, 3.05) is 18.4 Å². The fraction of sp³-hybridized carbons (Fsp3) is 0.318. The number of pyridine rings is 2. The van der Waals surface area contributed by atoms with Crippen molar-refractivity contribution in [3.8, 4) is 0 Å². The molecule has 0 spiro atoms. The summed E-state index contributed by atoms with van der Waals surface area (Å²) in [5.74, 6) is -8.10. The molecule has 0 saturated carbocycles. The minimum absolute atomic E-state index is 0.245. The molecule has 0 aromatic carbocycles. The van der Waals surface area contributed by atoms with E-state index in [1.807, 2.05) is 0 Å². The van der Waals surface area contributed by atoms with Crippen LogP contribution < -0.4 is 16.2 Å². The second-order valence-electron chi connectivity index (χ2n) is 7.61. The monoisotopic (exact) mass is 478 g/mol. The van der Waals surface area contributed by atoms with Crippen LogP contribution in [0.3, 0.4) is 0 Å². The van der Waals surface area contributed by atoms with Gasteiger partial charge in [0.25, 0.3) is 5.56 Å². The minimum atomic E-state index is -3.42. The van der Waals surface area contributed by atoms with Gasteiger partial charge < -0.3 is 10.6 Å². The minimum Gasteiger partial charge on any atom is -0.359 e. The van der Waals surface area contributed by atoms with Crippen molar-refractivity contribution in [3.63, 3.8) is 0 Å². The van der Waals surface area contributed by atoms with Gasteiger partial charge in [0.15, 0.2) is 5.82 Å². The third-order valence-corrected chi connectivity index (χ3v) is 4.87. The maximum Gasteiger partial charge on any atom is 0.306 e. The van der Waals surface area contributed by atoms with E-state index in [4.69, 9.17) is 0 Å². The summed E-state index contributed by atoms with van der Waals surface area (Å²) in [7, 11) is 0. The van der Waals surface area contributed by atoms with Gasteiger partial charge in [0.2, 0.25) is 5.91 Å². The second-order valence-corrected chi connectivity index (χ2v) is 7.61. The molecule has 0 unspecified atom stereocenters. The van der Waals surface area contributed by atoms with Gasteiger partial charge in [-0.25, -0.2) is 4.98 Å². The molecule has 3 aromatic heterocycles. The number of rotatable bonds is 9. The standard InChI is InChI=1S/C22H22F4N6O2/c1-14-6-7-17(28-9-14)22(25,26)13-31-19-20(34)32(15(2)10-29-19)11-18(33)30-12-21(23,24)16-5-3-4-8-27-16/h3-10H,11-13H2,1-2H3,(H,29,31)(H,30,33). The van der Waals surface area contributed by atoms with Crippen LogP contribution in [0.1, 0.15) is 22.6 Å². The van der Waals surface area contributed by atoms with E-state index in [9.17, 15) is 27.2 Å². The Balaban J connectivity index is 1.67. The lowest BCUT2D eigenvalue weighted by atomic mass is 10.2. The van der Waals surface area contributed by atoms with Gasteiger partial charge in [-0.05, 0) is 37.6 Å². The zero-order valence-corrected chi connectivity index (χ0v) is 18.4. The van der Waals surface area contributed by atoms with Crippen LogP contribution >= 0.6 is 0 Å². The fourth-order valence-electron chi connectivity index (χ4n) is 2.94. The number of hydrogen-bond donors (Lipinski definition) is 2. The van der Waals surface area contributed by atoms with Gasteiger partial charge in [-0.15, -0.1) is 0 Å². The highest BCUT2D eigenvalue weighted by Gasteiger charge is 2.34. The molecule has 0 aliphatic carbocycles. The second kappa shape index (κ2) is 9.98. The predicted molar refractivity (Wildman–Crippen MR) is 116 cm³/mol. The number of carbonyl (C=O) groups is 1. The van der Waals surface area contributed by atoms with Crippen molar-refractivity contribution in [3.05, 3.63) is 81.9 Å². The molecule has 0 saturated heterocycles. The fourth-order valence-corrected chi connectivity index (χ4v) is 2.94. The van der Waals surface area contributed by atoms with Crippen molar-refractivity contribution in [1.82, 2.24) is 24.8 Å². The summed E-state index contributed by atoms with van der Waals surface area (Å²) in [6, 6.07) is 6.68. The van der Waals surface area contributed by atoms with Crippen LogP contribution in [-0.4, -0.2) is 38.5 Å². The van der Waals surface area contributed by atoms with Gasteiger partial charge >= 0.3 is 11.8 Å². The molecule has 3 heterocycles. The van der Waals surface area contributed by atoms with Gasteiger partial charge in [-0.3, -0.25) is 24.1 Å². The molecule has 3 aromatic rings. The molecule has 12 heteroatoms. The van der Waals surface area contributed by atoms with E-state index in [1.165, 1.54) is 49.8 Å². The molecule has 0 aliphatic rings. The molecule has 0 radical (unpaired) electrons. The van der Waals surface area contributed by atoms with Crippen LogP contribution in [0.15, 0.2) is 53.7 Å². The van der Waals surface area contributed by atoms with Crippen molar-refractivity contribution in [1.29, 1.82) is 0 Å². The zero-order valence-electron chi connectivity index (χ0n) is 18.4. The lowest BCUT2D eigenvalue weighted by Gasteiger charge is -2.18. The predicted octanol–water partition coefficient (Wildman–Crippen LogP) is 2.76. The maximum absolute atomic E-state index is 14.4. The van der Waals surface area contributed by atoms with Crippen LogP contribution in [0.4, 0.5) is 23.4 Å². The SMILES string of the molecule is Cc1ccc(C(F)(F)CNc2ncc(C)n(CC(=O)NCC(F)(F)c3ccccn3)c2=O)nc1. The average Bonchev–Trinajstić information content (AvgIpc) is 2.81. The molecule has 0 bridgehead atoms. The van der Waals surface area contributed by atoms with E-state index in [0.717, 1.165) is 10.6 Å². The number of aryl methyl sites for hydroxylation is 2. The first-order valence-corrected chi connectivity index (χ1v) is 10.2. The smallest absolute Gasteiger partial charge is 0.306 e. The number of carbonyl (C=O) groups excluding carboxylic acids is 1. The third kappa shape index (κ3) is 5.94. The molecular formula is C22H22F4N6O2. The highest BCUT2D eigenvalue weighted by Crippen LogP contribution is 2.26. The Morgan fingerprint density at radius 2 is 1.65 bits per heavy atom. The molecule has 0 aliphatic heterocycles. The highest BCUT2D eigenvalue weighted by molar-refractivity contribution is 5.76. The van der Waals surface area contributed by atoms with Crippen LogP contribution in [0.2, 0.25) is 0 Å². The van der Waals surface area contributed by atoms with E-state index >= 15 is 0 Å². The van der Waals surface area contributed by atoms with Crippen molar-refractivity contribution in [2.24, 2.45) is 0 Å². The summed E-state index contributed by atoms with van der Waals surface area (Å²) in [6.07, 6.45) is 3.72. The average molecular weight is 478 g/mol. The Morgan fingerprint density at radius 3 is 2.29 bits per heavy atom. The Hall–Kier alpha value is -3.83. The quantitative estimate of drug-likeness (QED) is 0.459. The maximum atomic E-state index is 14.4. The summed E-state index contributed by atoms with van der Waals surface area (Å²) in [5, 5.41) is 4.36. The molecule has 0 fully saturated rings. The number of alkyl halides is 4. The van der Waals surface area contributed by atoms with Crippen molar-refractivity contribution < 1.29 is 22.4 Å². The van der Waals surface area contributed by atoms with Crippen LogP contribution in [0, 0.1) is 13.8 Å². The third-order valence-electron chi connectivity index (χ3n) is 4.87. The summed E-state index contributed by atoms with van der Waals surface area (Å²) in [5.41, 5.74) is -0.880. The summed E-state index contributed by atoms with van der Waals surface area (Å²) in [6.45, 7) is 0.593. The summed E-state index contributed by atoms with van der Waals surface area (Å²) >= 11 is 0. The zero-order chi connectivity index (χ0) is 24.9. The first-order valence-electron chi connectivity index (χ1n) is 10.2. The van der Waals surface area contributed by atoms with Crippen molar-refractivity contribution >= 4 is 11.7 Å². The lowest BCUT2D eigenvalue weighted by Crippen LogP contribution is -2.40. The summed E-state index contributed by atoms with van der Waals surface area (Å²) in [4.78, 5) is 36.0. The molecule has 180 valence electrons. The van der Waals surface area contributed by atoms with Crippen LogP contribution in [0.25, 0.3) is 0 Å². The number of hydrogen-bond acceptors (Lipinski definition) is 6. The number of nitrogens with one attached hydrogen (secondary N) is 2. The van der Waals surface area contributed by atoms with Gasteiger partial charge in [-0.2, -0.15) is 17.6 Å². The van der Waals surface area contributed by atoms with Crippen LogP contribution in [0.5, 0.6) is 0 Å². The molecule has 1 amide bonds. The first-order chi connectivity index (χ1) is 16.0.